The van der Waals surface area contributed by atoms with Crippen LogP contribution in [0, 0.1) is 12.8 Å². The zero-order valence-electron chi connectivity index (χ0n) is 10.8. The molecule has 1 aromatic rings. The van der Waals surface area contributed by atoms with Crippen molar-refractivity contribution in [3.63, 3.8) is 0 Å². The van der Waals surface area contributed by atoms with Gasteiger partial charge in [0.1, 0.15) is 5.56 Å². The summed E-state index contributed by atoms with van der Waals surface area (Å²) in [6.07, 6.45) is 2.51. The molecule has 0 spiro atoms. The molecule has 1 fully saturated rings. The monoisotopic (exact) mass is 312 g/mol. The number of rotatable bonds is 1. The number of halogens is 1. The number of aromatic nitrogens is 1. The maximum atomic E-state index is 12.4. The number of H-pyrrole nitrogens is 1. The van der Waals surface area contributed by atoms with Crippen LogP contribution in [-0.4, -0.2) is 28.4 Å². The van der Waals surface area contributed by atoms with Gasteiger partial charge in [0.25, 0.3) is 5.91 Å². The number of hydrogen-bond donors (Lipinski definition) is 1. The SMILES string of the molecule is Cc1[nH]cc(C(=O)N2CC[C@H](C)[C@H]2C)c(=O)c1Br. The molecule has 4 nitrogen and oxygen atoms in total. The molecule has 1 saturated heterocycles. The van der Waals surface area contributed by atoms with Crippen molar-refractivity contribution in [1.82, 2.24) is 9.88 Å². The van der Waals surface area contributed by atoms with Gasteiger partial charge in [-0.25, -0.2) is 0 Å². The van der Waals surface area contributed by atoms with Crippen LogP contribution < -0.4 is 5.43 Å². The highest BCUT2D eigenvalue weighted by Crippen LogP contribution is 2.24. The molecule has 0 unspecified atom stereocenters. The molecular formula is C13H17BrN2O2. The number of nitrogens with one attached hydrogen (secondary N) is 1. The number of likely N-dealkylation sites (tertiary alicyclic amines) is 1. The maximum Gasteiger partial charge on any atom is 0.259 e. The van der Waals surface area contributed by atoms with Gasteiger partial charge in [-0.15, -0.1) is 0 Å². The lowest BCUT2D eigenvalue weighted by Gasteiger charge is -2.23. The summed E-state index contributed by atoms with van der Waals surface area (Å²) in [5.41, 5.74) is 0.718. The first-order valence-electron chi connectivity index (χ1n) is 6.12. The highest BCUT2D eigenvalue weighted by atomic mass is 79.9. The molecule has 1 N–H and O–H groups in total. The van der Waals surface area contributed by atoms with E-state index < -0.39 is 0 Å². The van der Waals surface area contributed by atoms with Crippen LogP contribution in [0.2, 0.25) is 0 Å². The Labute approximate surface area is 115 Å². The van der Waals surface area contributed by atoms with E-state index in [1.807, 2.05) is 6.92 Å². The fourth-order valence-corrected chi connectivity index (χ4v) is 2.62. The quantitative estimate of drug-likeness (QED) is 0.865. The molecule has 18 heavy (non-hydrogen) atoms. The second-order valence-corrected chi connectivity index (χ2v) is 5.77. The summed E-state index contributed by atoms with van der Waals surface area (Å²) in [7, 11) is 0. The van der Waals surface area contributed by atoms with E-state index >= 15 is 0 Å². The number of carbonyl (C=O) groups is 1. The maximum absolute atomic E-state index is 12.4. The molecular weight excluding hydrogens is 296 g/mol. The molecule has 5 heteroatoms. The summed E-state index contributed by atoms with van der Waals surface area (Å²) in [5, 5.41) is 0. The second-order valence-electron chi connectivity index (χ2n) is 4.98. The Hall–Kier alpha value is -1.10. The zero-order chi connectivity index (χ0) is 13.4. The summed E-state index contributed by atoms with van der Waals surface area (Å²) >= 11 is 3.22. The van der Waals surface area contributed by atoms with Gasteiger partial charge in [0.2, 0.25) is 5.43 Å². The van der Waals surface area contributed by atoms with E-state index in [0.29, 0.717) is 10.4 Å². The molecule has 2 atom stereocenters. The van der Waals surface area contributed by atoms with Crippen LogP contribution >= 0.6 is 15.9 Å². The van der Waals surface area contributed by atoms with Crippen LogP contribution in [0.4, 0.5) is 0 Å². The summed E-state index contributed by atoms with van der Waals surface area (Å²) in [5.74, 6) is 0.315. The lowest BCUT2D eigenvalue weighted by molar-refractivity contribution is 0.0733. The predicted molar refractivity (Wildman–Crippen MR) is 73.8 cm³/mol. The molecule has 1 aliphatic rings. The van der Waals surface area contributed by atoms with Gasteiger partial charge in [0.15, 0.2) is 0 Å². The first kappa shape index (κ1) is 13.3. The summed E-state index contributed by atoms with van der Waals surface area (Å²) in [6.45, 7) is 6.69. The summed E-state index contributed by atoms with van der Waals surface area (Å²) < 4.78 is 0.438. The fourth-order valence-electron chi connectivity index (χ4n) is 2.29. The molecule has 0 aromatic carbocycles. The normalized spacial score (nSPS) is 23.4. The van der Waals surface area contributed by atoms with Crippen molar-refractivity contribution in [2.45, 2.75) is 33.2 Å². The van der Waals surface area contributed by atoms with E-state index in [-0.39, 0.29) is 22.9 Å². The molecule has 0 bridgehead atoms. The number of amides is 1. The number of pyridine rings is 1. The smallest absolute Gasteiger partial charge is 0.259 e. The lowest BCUT2D eigenvalue weighted by Crippen LogP contribution is -2.38. The third-order valence-electron chi connectivity index (χ3n) is 3.84. The third kappa shape index (κ3) is 2.11. The van der Waals surface area contributed by atoms with Gasteiger partial charge in [-0.05, 0) is 42.1 Å². The van der Waals surface area contributed by atoms with Crippen LogP contribution in [0.25, 0.3) is 0 Å². The minimum absolute atomic E-state index is 0.172. The fraction of sp³-hybridized carbons (Fsp3) is 0.538. The van der Waals surface area contributed by atoms with Crippen molar-refractivity contribution >= 4 is 21.8 Å². The standard InChI is InChI=1S/C13H17BrN2O2/c1-7-4-5-16(9(7)3)13(18)10-6-15-8(2)11(14)12(10)17/h6-7,9H,4-5H2,1-3H3,(H,15,17)/t7-,9+/m0/s1. The first-order chi connectivity index (χ1) is 8.43. The molecule has 2 heterocycles. The molecule has 0 radical (unpaired) electrons. The third-order valence-corrected chi connectivity index (χ3v) is 4.79. The van der Waals surface area contributed by atoms with E-state index in [2.05, 4.69) is 27.8 Å². The highest BCUT2D eigenvalue weighted by Gasteiger charge is 2.32. The van der Waals surface area contributed by atoms with Gasteiger partial charge in [0, 0.05) is 24.5 Å². The van der Waals surface area contributed by atoms with Gasteiger partial charge in [-0.3, -0.25) is 9.59 Å². The van der Waals surface area contributed by atoms with Crippen LogP contribution in [-0.2, 0) is 0 Å². The minimum Gasteiger partial charge on any atom is -0.363 e. The Morgan fingerprint density at radius 1 is 1.50 bits per heavy atom. The van der Waals surface area contributed by atoms with E-state index in [1.165, 1.54) is 6.20 Å². The number of hydrogen-bond acceptors (Lipinski definition) is 2. The Balaban J connectivity index is 2.36. The average molecular weight is 313 g/mol. The first-order valence-corrected chi connectivity index (χ1v) is 6.91. The Kier molecular flexibility index (Phi) is 3.61. The minimum atomic E-state index is -0.233. The highest BCUT2D eigenvalue weighted by molar-refractivity contribution is 9.10. The van der Waals surface area contributed by atoms with Gasteiger partial charge in [-0.1, -0.05) is 6.92 Å². The Morgan fingerprint density at radius 3 is 2.72 bits per heavy atom. The van der Waals surface area contributed by atoms with Crippen LogP contribution in [0.3, 0.4) is 0 Å². The molecule has 98 valence electrons. The van der Waals surface area contributed by atoms with Gasteiger partial charge in [-0.2, -0.15) is 0 Å². The number of nitrogens with zero attached hydrogens (tertiary/aromatic N) is 1. The zero-order valence-corrected chi connectivity index (χ0v) is 12.4. The van der Waals surface area contributed by atoms with Crippen molar-refractivity contribution in [2.75, 3.05) is 6.54 Å². The van der Waals surface area contributed by atoms with E-state index in [1.54, 1.807) is 11.8 Å². The Bertz CT molecular complexity index is 538. The number of carbonyl (C=O) groups excluding carboxylic acids is 1. The number of aromatic amines is 1. The van der Waals surface area contributed by atoms with Gasteiger partial charge in [0.05, 0.1) is 4.47 Å². The van der Waals surface area contributed by atoms with Crippen LogP contribution in [0.1, 0.15) is 36.3 Å². The van der Waals surface area contributed by atoms with E-state index in [4.69, 9.17) is 0 Å². The van der Waals surface area contributed by atoms with Crippen molar-refractivity contribution < 1.29 is 4.79 Å². The lowest BCUT2D eigenvalue weighted by atomic mass is 10.1. The summed E-state index contributed by atoms with van der Waals surface area (Å²) in [4.78, 5) is 29.2. The molecule has 1 aromatic heterocycles. The molecule has 0 saturated carbocycles. The van der Waals surface area contributed by atoms with Crippen LogP contribution in [0.15, 0.2) is 15.5 Å². The summed E-state index contributed by atoms with van der Waals surface area (Å²) in [6, 6.07) is 0.192. The average Bonchev–Trinajstić information content (AvgIpc) is 2.67. The molecule has 0 aliphatic carbocycles. The van der Waals surface area contributed by atoms with Crippen molar-refractivity contribution in [2.24, 2.45) is 5.92 Å². The van der Waals surface area contributed by atoms with Crippen molar-refractivity contribution in [1.29, 1.82) is 0 Å². The topological polar surface area (TPSA) is 53.2 Å². The van der Waals surface area contributed by atoms with Crippen molar-refractivity contribution in [3.8, 4) is 0 Å². The Morgan fingerprint density at radius 2 is 2.17 bits per heavy atom. The van der Waals surface area contributed by atoms with Gasteiger partial charge < -0.3 is 9.88 Å². The van der Waals surface area contributed by atoms with Crippen LogP contribution in [0.5, 0.6) is 0 Å². The molecule has 1 amide bonds. The van der Waals surface area contributed by atoms with E-state index in [0.717, 1.165) is 18.7 Å². The number of aryl methyl sites for hydroxylation is 1. The largest absolute Gasteiger partial charge is 0.363 e. The van der Waals surface area contributed by atoms with Gasteiger partial charge >= 0.3 is 0 Å². The second kappa shape index (κ2) is 4.88. The molecule has 1 aliphatic heterocycles. The molecule has 2 rings (SSSR count). The van der Waals surface area contributed by atoms with E-state index in [9.17, 15) is 9.59 Å². The predicted octanol–water partition coefficient (Wildman–Crippen LogP) is 2.32. The van der Waals surface area contributed by atoms with Crippen molar-refractivity contribution in [3.05, 3.63) is 32.2 Å².